The van der Waals surface area contributed by atoms with Crippen molar-refractivity contribution in [2.45, 2.75) is 12.8 Å². The first kappa shape index (κ1) is 13.2. The minimum atomic E-state index is -5.30. The van der Waals surface area contributed by atoms with Crippen molar-refractivity contribution < 1.29 is 26.8 Å². The third kappa shape index (κ3) is 3.63. The van der Waals surface area contributed by atoms with Crippen molar-refractivity contribution in [3.8, 4) is 5.75 Å². The smallest absolute Gasteiger partial charge is 0.471 e. The van der Waals surface area contributed by atoms with E-state index in [1.54, 1.807) is 0 Å². The molecule has 1 aromatic rings. The molecule has 100 valence electrons. The fraction of sp³-hybridized carbons (Fsp3) is 0.455. The molecule has 0 amide bonds. The van der Waals surface area contributed by atoms with Crippen LogP contribution in [-0.2, 0) is 4.74 Å². The zero-order valence-electron chi connectivity index (χ0n) is 9.54. The van der Waals surface area contributed by atoms with E-state index in [4.69, 9.17) is 9.47 Å². The summed E-state index contributed by atoms with van der Waals surface area (Å²) in [5, 5.41) is 0. The largest absolute Gasteiger partial charge is 0.513 e. The molecule has 0 spiro atoms. The summed E-state index contributed by atoms with van der Waals surface area (Å²) in [6, 6.07) is 2.35. The number of halogens is 4. The Morgan fingerprint density at radius 1 is 1.22 bits per heavy atom. The van der Waals surface area contributed by atoms with Gasteiger partial charge in [0.25, 0.3) is 0 Å². The van der Waals surface area contributed by atoms with Gasteiger partial charge >= 0.3 is 6.98 Å². The molecule has 0 aromatic heterocycles. The molecule has 1 fully saturated rings. The van der Waals surface area contributed by atoms with Crippen LogP contribution in [0.25, 0.3) is 0 Å². The molecule has 7 heteroatoms. The van der Waals surface area contributed by atoms with Crippen LogP contribution in [0.2, 0.25) is 0 Å². The highest BCUT2D eigenvalue weighted by atomic mass is 19.4. The molecular weight excluding hydrogens is 251 g/mol. The van der Waals surface area contributed by atoms with Gasteiger partial charge in [0.15, 0.2) is 6.79 Å². The Bertz CT molecular complexity index is 418. The second-order valence-electron chi connectivity index (χ2n) is 4.33. The summed E-state index contributed by atoms with van der Waals surface area (Å²) in [7, 11) is 0. The molecule has 1 aliphatic rings. The molecule has 0 saturated heterocycles. The summed E-state index contributed by atoms with van der Waals surface area (Å²) in [4.78, 5) is 0. The predicted octanol–water partition coefficient (Wildman–Crippen LogP) is 2.64. The second-order valence-corrected chi connectivity index (χ2v) is 4.33. The molecule has 0 aliphatic heterocycles. The Morgan fingerprint density at radius 3 is 2.56 bits per heavy atom. The zero-order chi connectivity index (χ0) is 13.2. The van der Waals surface area contributed by atoms with Crippen LogP contribution in [0.15, 0.2) is 18.2 Å². The minimum absolute atomic E-state index is 0.249. The minimum Gasteiger partial charge on any atom is -0.471 e. The van der Waals surface area contributed by atoms with Crippen molar-refractivity contribution in [3.63, 3.8) is 0 Å². The lowest BCUT2D eigenvalue weighted by Gasteiger charge is -2.19. The first-order chi connectivity index (χ1) is 8.47. The SMILES string of the molecule is Fc1ccc(OCOCC2CC2)c([B-](F)(F)F)c1. The van der Waals surface area contributed by atoms with Crippen LogP contribution in [0.1, 0.15) is 12.8 Å². The molecule has 1 aromatic carbocycles. The van der Waals surface area contributed by atoms with Crippen molar-refractivity contribution in [2.75, 3.05) is 13.4 Å². The van der Waals surface area contributed by atoms with Crippen LogP contribution >= 0.6 is 0 Å². The molecular formula is C11H12BF4O2-. The van der Waals surface area contributed by atoms with Crippen molar-refractivity contribution in [1.29, 1.82) is 0 Å². The van der Waals surface area contributed by atoms with Crippen molar-refractivity contribution in [3.05, 3.63) is 24.0 Å². The highest BCUT2D eigenvalue weighted by Gasteiger charge is 2.30. The maximum Gasteiger partial charge on any atom is 0.513 e. The van der Waals surface area contributed by atoms with Crippen LogP contribution in [0, 0.1) is 11.7 Å². The summed E-state index contributed by atoms with van der Waals surface area (Å²) < 4.78 is 60.7. The fourth-order valence-electron chi connectivity index (χ4n) is 1.51. The molecule has 0 unspecified atom stereocenters. The van der Waals surface area contributed by atoms with E-state index in [9.17, 15) is 17.3 Å². The van der Waals surface area contributed by atoms with Gasteiger partial charge in [-0.25, -0.2) is 4.39 Å². The Hall–Kier alpha value is -1.24. The average molecular weight is 263 g/mol. The van der Waals surface area contributed by atoms with Gasteiger partial charge in [-0.3, -0.25) is 0 Å². The quantitative estimate of drug-likeness (QED) is 0.340. The van der Waals surface area contributed by atoms with Gasteiger partial charge in [-0.15, -0.1) is 0 Å². The van der Waals surface area contributed by atoms with E-state index in [1.807, 2.05) is 0 Å². The lowest BCUT2D eigenvalue weighted by molar-refractivity contribution is 0.0104. The number of rotatable bonds is 6. The first-order valence-electron chi connectivity index (χ1n) is 5.67. The van der Waals surface area contributed by atoms with Crippen molar-refractivity contribution >= 4 is 12.4 Å². The molecule has 0 N–H and O–H groups in total. The molecule has 0 radical (unpaired) electrons. The fourth-order valence-corrected chi connectivity index (χ4v) is 1.51. The maximum absolute atomic E-state index is 12.8. The van der Waals surface area contributed by atoms with Crippen molar-refractivity contribution in [2.24, 2.45) is 5.92 Å². The normalized spacial score (nSPS) is 15.8. The van der Waals surface area contributed by atoms with Gasteiger partial charge in [-0.05, 0) is 37.0 Å². The second kappa shape index (κ2) is 5.18. The van der Waals surface area contributed by atoms with Gasteiger partial charge in [-0.2, -0.15) is 0 Å². The summed E-state index contributed by atoms with van der Waals surface area (Å²) in [5.41, 5.74) is -1.06. The van der Waals surface area contributed by atoms with Crippen LogP contribution < -0.4 is 10.2 Å². The summed E-state index contributed by atoms with van der Waals surface area (Å²) in [5.74, 6) is -0.816. The van der Waals surface area contributed by atoms with Gasteiger partial charge in [0.05, 0.1) is 12.4 Å². The maximum atomic E-state index is 12.8. The summed E-state index contributed by atoms with van der Waals surface area (Å²) in [6.07, 6.45) is 2.18. The van der Waals surface area contributed by atoms with Crippen LogP contribution in [0.5, 0.6) is 5.75 Å². The van der Waals surface area contributed by atoms with Gasteiger partial charge in [-0.1, -0.05) is 5.46 Å². The van der Waals surface area contributed by atoms with E-state index in [-0.39, 0.29) is 12.5 Å². The third-order valence-corrected chi connectivity index (χ3v) is 2.67. The van der Waals surface area contributed by atoms with Gasteiger partial charge in [0, 0.05) is 0 Å². The number of hydrogen-bond acceptors (Lipinski definition) is 2. The predicted molar refractivity (Wildman–Crippen MR) is 59.3 cm³/mol. The van der Waals surface area contributed by atoms with Gasteiger partial charge < -0.3 is 22.4 Å². The monoisotopic (exact) mass is 263 g/mol. The molecule has 18 heavy (non-hydrogen) atoms. The van der Waals surface area contributed by atoms with E-state index in [2.05, 4.69) is 0 Å². The number of benzene rings is 1. The van der Waals surface area contributed by atoms with Gasteiger partial charge in [0.1, 0.15) is 5.82 Å². The van der Waals surface area contributed by atoms with Crippen LogP contribution in [0.4, 0.5) is 17.3 Å². The molecule has 1 aliphatic carbocycles. The molecule has 1 saturated carbocycles. The first-order valence-corrected chi connectivity index (χ1v) is 5.67. The molecule has 2 nitrogen and oxygen atoms in total. The third-order valence-electron chi connectivity index (χ3n) is 2.67. The van der Waals surface area contributed by atoms with Crippen molar-refractivity contribution in [1.82, 2.24) is 0 Å². The lowest BCUT2D eigenvalue weighted by atomic mass is 9.79. The highest BCUT2D eigenvalue weighted by Crippen LogP contribution is 2.28. The number of hydrogen-bond donors (Lipinski definition) is 0. The lowest BCUT2D eigenvalue weighted by Crippen LogP contribution is -2.36. The standard InChI is InChI=1S/C11H12BF4O2/c13-9-3-4-11(10(5-9)12(14,15)16)18-7-17-6-8-1-2-8/h3-5,8H,1-2,6-7H2/q-1. The highest BCUT2D eigenvalue weighted by molar-refractivity contribution is 6.74. The van der Waals surface area contributed by atoms with Gasteiger partial charge in [0.2, 0.25) is 0 Å². The molecule has 0 atom stereocenters. The number of ether oxygens (including phenoxy) is 2. The van der Waals surface area contributed by atoms with E-state index in [0.29, 0.717) is 18.6 Å². The van der Waals surface area contributed by atoms with E-state index in [0.717, 1.165) is 25.0 Å². The van der Waals surface area contributed by atoms with Crippen LogP contribution in [0.3, 0.4) is 0 Å². The Labute approximate surface area is 102 Å². The van der Waals surface area contributed by atoms with E-state index in [1.165, 1.54) is 0 Å². The van der Waals surface area contributed by atoms with Crippen LogP contribution in [-0.4, -0.2) is 20.4 Å². The summed E-state index contributed by atoms with van der Waals surface area (Å²) >= 11 is 0. The van der Waals surface area contributed by atoms with E-state index >= 15 is 0 Å². The summed E-state index contributed by atoms with van der Waals surface area (Å²) in [6.45, 7) is -5.05. The Morgan fingerprint density at radius 2 is 1.94 bits per heavy atom. The average Bonchev–Trinajstić information content (AvgIpc) is 3.08. The van der Waals surface area contributed by atoms with E-state index < -0.39 is 18.3 Å². The molecule has 2 rings (SSSR count). The molecule has 0 heterocycles. The topological polar surface area (TPSA) is 18.5 Å². The zero-order valence-corrected chi connectivity index (χ0v) is 9.54. The Balaban J connectivity index is 1.97. The molecule has 0 bridgehead atoms. The Kier molecular flexibility index (Phi) is 3.80.